The summed E-state index contributed by atoms with van der Waals surface area (Å²) in [6.07, 6.45) is 1.68. The number of nitrogens with two attached hydrogens (primary N) is 1. The summed E-state index contributed by atoms with van der Waals surface area (Å²) in [6.45, 7) is 0.0684. The second-order valence-corrected chi connectivity index (χ2v) is 5.54. The van der Waals surface area contributed by atoms with Gasteiger partial charge < -0.3 is 20.9 Å². The van der Waals surface area contributed by atoms with Gasteiger partial charge in [0.05, 0.1) is 6.04 Å². The van der Waals surface area contributed by atoms with Gasteiger partial charge in [-0.05, 0) is 42.7 Å². The molecular formula is C14H22ClFN2O3S. The number of halogens is 2. The van der Waals surface area contributed by atoms with E-state index in [4.69, 9.17) is 10.5 Å². The highest BCUT2D eigenvalue weighted by Gasteiger charge is 2.14. The lowest BCUT2D eigenvalue weighted by atomic mass is 10.2. The average Bonchev–Trinajstić information content (AvgIpc) is 2.49. The Morgan fingerprint density at radius 3 is 2.68 bits per heavy atom. The fourth-order valence-electron chi connectivity index (χ4n) is 1.51. The molecule has 0 saturated heterocycles. The summed E-state index contributed by atoms with van der Waals surface area (Å²) >= 11 is 1.62. The molecule has 0 radical (unpaired) electrons. The third-order valence-electron chi connectivity index (χ3n) is 2.74. The van der Waals surface area contributed by atoms with Gasteiger partial charge in [-0.3, -0.25) is 4.79 Å². The Labute approximate surface area is 140 Å². The average molecular weight is 353 g/mol. The lowest BCUT2D eigenvalue weighted by Crippen LogP contribution is -2.44. The van der Waals surface area contributed by atoms with Gasteiger partial charge in [0.25, 0.3) is 0 Å². The molecule has 0 bridgehead atoms. The first kappa shape index (κ1) is 21.0. The number of carbonyl (C=O) groups excluding carboxylic acids is 1. The van der Waals surface area contributed by atoms with Gasteiger partial charge in [0, 0.05) is 6.54 Å². The van der Waals surface area contributed by atoms with E-state index in [9.17, 15) is 14.3 Å². The summed E-state index contributed by atoms with van der Waals surface area (Å²) in [6, 6.07) is 4.92. The molecule has 5 nitrogen and oxygen atoms in total. The minimum Gasteiger partial charge on any atom is -0.491 e. The van der Waals surface area contributed by atoms with Crippen molar-refractivity contribution >= 4 is 30.1 Å². The van der Waals surface area contributed by atoms with E-state index in [-0.39, 0.29) is 37.3 Å². The number of hydrogen-bond donors (Lipinski definition) is 3. The Morgan fingerprint density at radius 2 is 2.09 bits per heavy atom. The van der Waals surface area contributed by atoms with E-state index in [1.54, 1.807) is 11.8 Å². The summed E-state index contributed by atoms with van der Waals surface area (Å²) in [7, 11) is 0. The van der Waals surface area contributed by atoms with E-state index < -0.39 is 12.1 Å². The predicted octanol–water partition coefficient (Wildman–Crippen LogP) is 1.18. The molecule has 0 aliphatic heterocycles. The predicted molar refractivity (Wildman–Crippen MR) is 89.1 cm³/mol. The van der Waals surface area contributed by atoms with Gasteiger partial charge in [0.2, 0.25) is 5.91 Å². The second-order valence-electron chi connectivity index (χ2n) is 4.55. The van der Waals surface area contributed by atoms with Crippen molar-refractivity contribution in [2.75, 3.05) is 25.2 Å². The van der Waals surface area contributed by atoms with Crippen LogP contribution in [0.25, 0.3) is 0 Å². The van der Waals surface area contributed by atoms with Crippen molar-refractivity contribution in [1.82, 2.24) is 5.32 Å². The first-order chi connectivity index (χ1) is 10.0. The number of hydrogen-bond acceptors (Lipinski definition) is 5. The highest BCUT2D eigenvalue weighted by Crippen LogP contribution is 2.11. The van der Waals surface area contributed by atoms with Crippen molar-refractivity contribution in [2.45, 2.75) is 18.6 Å². The lowest BCUT2D eigenvalue weighted by molar-refractivity contribution is -0.122. The van der Waals surface area contributed by atoms with Crippen LogP contribution in [0, 0.1) is 5.82 Å². The number of benzene rings is 1. The molecular weight excluding hydrogens is 331 g/mol. The molecule has 0 heterocycles. The summed E-state index contributed by atoms with van der Waals surface area (Å²) in [5.41, 5.74) is 5.69. The highest BCUT2D eigenvalue weighted by molar-refractivity contribution is 7.98. The Hall–Kier alpha value is -1.02. The van der Waals surface area contributed by atoms with Crippen LogP contribution >= 0.6 is 24.2 Å². The number of rotatable bonds is 9. The largest absolute Gasteiger partial charge is 0.491 e. The van der Waals surface area contributed by atoms with Crippen molar-refractivity contribution in [1.29, 1.82) is 0 Å². The Kier molecular flexibility index (Phi) is 11.0. The minimum absolute atomic E-state index is 0. The van der Waals surface area contributed by atoms with E-state index in [0.717, 1.165) is 5.75 Å². The Bertz CT molecular complexity index is 437. The molecule has 0 aliphatic carbocycles. The van der Waals surface area contributed by atoms with Crippen LogP contribution in [-0.4, -0.2) is 48.3 Å². The third kappa shape index (κ3) is 8.43. The van der Waals surface area contributed by atoms with Crippen molar-refractivity contribution in [3.8, 4) is 5.75 Å². The van der Waals surface area contributed by atoms with Crippen LogP contribution in [0.4, 0.5) is 4.39 Å². The molecule has 0 aliphatic rings. The van der Waals surface area contributed by atoms with Crippen LogP contribution in [-0.2, 0) is 4.79 Å². The van der Waals surface area contributed by atoms with Crippen LogP contribution in [0.15, 0.2) is 24.3 Å². The Balaban J connectivity index is 0.00000441. The van der Waals surface area contributed by atoms with Crippen molar-refractivity contribution in [2.24, 2.45) is 5.73 Å². The normalized spacial score (nSPS) is 12.9. The fourth-order valence-corrected chi connectivity index (χ4v) is 2.00. The van der Waals surface area contributed by atoms with Gasteiger partial charge in [-0.15, -0.1) is 12.4 Å². The molecule has 1 amide bonds. The number of aliphatic hydroxyl groups is 1. The number of nitrogens with one attached hydrogen (secondary N) is 1. The van der Waals surface area contributed by atoms with E-state index in [0.29, 0.717) is 12.2 Å². The quantitative estimate of drug-likeness (QED) is 0.621. The molecule has 0 fully saturated rings. The molecule has 1 aromatic carbocycles. The molecule has 126 valence electrons. The van der Waals surface area contributed by atoms with E-state index in [2.05, 4.69) is 5.32 Å². The molecule has 2 atom stereocenters. The SMILES string of the molecule is CSCC[C@H](N)C(=O)NCC(O)COc1ccc(F)cc1.Cl. The molecule has 0 spiro atoms. The van der Waals surface area contributed by atoms with Crippen molar-refractivity contribution in [3.63, 3.8) is 0 Å². The van der Waals surface area contributed by atoms with E-state index in [1.807, 2.05) is 6.26 Å². The third-order valence-corrected chi connectivity index (χ3v) is 3.38. The zero-order valence-electron chi connectivity index (χ0n) is 12.3. The summed E-state index contributed by atoms with van der Waals surface area (Å²) in [5.74, 6) is 0.628. The number of aliphatic hydroxyl groups excluding tert-OH is 1. The smallest absolute Gasteiger partial charge is 0.237 e. The number of amides is 1. The monoisotopic (exact) mass is 352 g/mol. The molecule has 0 saturated carbocycles. The molecule has 1 aromatic rings. The van der Waals surface area contributed by atoms with Crippen molar-refractivity contribution < 1.29 is 19.0 Å². The maximum atomic E-state index is 12.7. The number of carbonyl (C=O) groups is 1. The number of thioether (sulfide) groups is 1. The van der Waals surface area contributed by atoms with Gasteiger partial charge >= 0.3 is 0 Å². The molecule has 8 heteroatoms. The van der Waals surface area contributed by atoms with Crippen LogP contribution in [0.5, 0.6) is 5.75 Å². The maximum Gasteiger partial charge on any atom is 0.237 e. The topological polar surface area (TPSA) is 84.6 Å². The van der Waals surface area contributed by atoms with Gasteiger partial charge in [-0.2, -0.15) is 11.8 Å². The summed E-state index contributed by atoms with van der Waals surface area (Å²) in [4.78, 5) is 11.6. The number of ether oxygens (including phenoxy) is 1. The van der Waals surface area contributed by atoms with Gasteiger partial charge in [-0.1, -0.05) is 0 Å². The van der Waals surface area contributed by atoms with Crippen LogP contribution < -0.4 is 15.8 Å². The maximum absolute atomic E-state index is 12.7. The molecule has 1 rings (SSSR count). The molecule has 22 heavy (non-hydrogen) atoms. The van der Waals surface area contributed by atoms with Gasteiger partial charge in [0.1, 0.15) is 24.3 Å². The Morgan fingerprint density at radius 1 is 1.45 bits per heavy atom. The van der Waals surface area contributed by atoms with Crippen LogP contribution in [0.1, 0.15) is 6.42 Å². The zero-order valence-corrected chi connectivity index (χ0v) is 14.0. The standard InChI is InChI=1S/C14H21FN2O3S.ClH/c1-21-7-6-13(16)14(19)17-8-11(18)9-20-12-4-2-10(15)3-5-12;/h2-5,11,13,18H,6-9,16H2,1H3,(H,17,19);1H/t11?,13-;/m0./s1. The second kappa shape index (κ2) is 11.5. The molecule has 4 N–H and O–H groups in total. The summed E-state index contributed by atoms with van der Waals surface area (Å²) < 4.78 is 18.0. The lowest BCUT2D eigenvalue weighted by Gasteiger charge is -2.15. The van der Waals surface area contributed by atoms with E-state index in [1.165, 1.54) is 24.3 Å². The van der Waals surface area contributed by atoms with Crippen LogP contribution in [0.3, 0.4) is 0 Å². The summed E-state index contributed by atoms with van der Waals surface area (Å²) in [5, 5.41) is 12.3. The highest BCUT2D eigenvalue weighted by atomic mass is 35.5. The van der Waals surface area contributed by atoms with Crippen LogP contribution in [0.2, 0.25) is 0 Å². The molecule has 1 unspecified atom stereocenters. The first-order valence-electron chi connectivity index (χ1n) is 6.61. The molecule has 0 aromatic heterocycles. The first-order valence-corrected chi connectivity index (χ1v) is 8.01. The van der Waals surface area contributed by atoms with Gasteiger partial charge in [-0.25, -0.2) is 4.39 Å². The zero-order chi connectivity index (χ0) is 15.7. The van der Waals surface area contributed by atoms with Crippen molar-refractivity contribution in [3.05, 3.63) is 30.1 Å². The fraction of sp³-hybridized carbons (Fsp3) is 0.500. The van der Waals surface area contributed by atoms with Gasteiger partial charge in [0.15, 0.2) is 0 Å². The van der Waals surface area contributed by atoms with E-state index >= 15 is 0 Å². The minimum atomic E-state index is -0.855.